The zero-order valence-electron chi connectivity index (χ0n) is 15.0. The Morgan fingerprint density at radius 2 is 2.23 bits per heavy atom. The Balaban J connectivity index is 1.68. The predicted molar refractivity (Wildman–Crippen MR) is 96.3 cm³/mol. The number of anilines is 1. The predicted octanol–water partition coefficient (Wildman–Crippen LogP) is 1.29. The molecule has 0 aliphatic carbocycles. The smallest absolute Gasteiger partial charge is 0.256 e. The molecule has 138 valence electrons. The summed E-state index contributed by atoms with van der Waals surface area (Å²) in [5, 5.41) is 2.98. The van der Waals surface area contributed by atoms with Crippen molar-refractivity contribution in [3.63, 3.8) is 0 Å². The number of methoxy groups -OCH3 is 1. The van der Waals surface area contributed by atoms with E-state index < -0.39 is 0 Å². The quantitative estimate of drug-likeness (QED) is 0.799. The maximum absolute atomic E-state index is 12.6. The number of hydrogen-bond donors (Lipinski definition) is 1. The van der Waals surface area contributed by atoms with Gasteiger partial charge in [-0.3, -0.25) is 4.79 Å². The molecule has 0 radical (unpaired) electrons. The molecule has 1 aliphatic heterocycles. The van der Waals surface area contributed by atoms with Crippen LogP contribution in [0.4, 0.5) is 5.82 Å². The summed E-state index contributed by atoms with van der Waals surface area (Å²) in [7, 11) is 1.70. The summed E-state index contributed by atoms with van der Waals surface area (Å²) in [6, 6.07) is 5.38. The number of hydrogen-bond acceptors (Lipinski definition) is 7. The number of rotatable bonds is 7. The second kappa shape index (κ2) is 8.57. The van der Waals surface area contributed by atoms with Gasteiger partial charge in [0, 0.05) is 32.6 Å². The molecule has 8 heteroatoms. The summed E-state index contributed by atoms with van der Waals surface area (Å²) in [6.45, 7) is 3.52. The molecule has 3 heterocycles. The number of ether oxygens (including phenoxy) is 2. The molecule has 8 nitrogen and oxygen atoms in total. The average Bonchev–Trinajstić information content (AvgIpc) is 3.11. The van der Waals surface area contributed by atoms with E-state index in [9.17, 15) is 4.79 Å². The lowest BCUT2D eigenvalue weighted by atomic mass is 10.2. The van der Waals surface area contributed by atoms with E-state index in [-0.39, 0.29) is 18.1 Å². The molecule has 2 aromatic heterocycles. The van der Waals surface area contributed by atoms with Crippen LogP contribution in [0, 0.1) is 0 Å². The summed E-state index contributed by atoms with van der Waals surface area (Å²) in [6.07, 6.45) is 5.76. The highest BCUT2D eigenvalue weighted by molar-refractivity contribution is 5.96. The van der Waals surface area contributed by atoms with Gasteiger partial charge in [0.15, 0.2) is 0 Å². The van der Waals surface area contributed by atoms with Gasteiger partial charge in [-0.1, -0.05) is 0 Å². The average molecular weight is 357 g/mol. The third-order valence-electron chi connectivity index (χ3n) is 4.37. The van der Waals surface area contributed by atoms with Crippen molar-refractivity contribution in [3.05, 3.63) is 42.5 Å². The van der Waals surface area contributed by atoms with E-state index in [0.29, 0.717) is 24.6 Å². The number of nitrogens with zero attached hydrogens (tertiary/aromatic N) is 4. The summed E-state index contributed by atoms with van der Waals surface area (Å²) in [5.41, 5.74) is 0.434. The van der Waals surface area contributed by atoms with Gasteiger partial charge < -0.3 is 19.7 Å². The largest absolute Gasteiger partial charge is 0.477 e. The van der Waals surface area contributed by atoms with Crippen LogP contribution >= 0.6 is 0 Å². The molecule has 0 saturated carbocycles. The lowest BCUT2D eigenvalue weighted by Gasteiger charge is -2.25. The molecule has 0 spiro atoms. The van der Waals surface area contributed by atoms with E-state index >= 15 is 0 Å². The van der Waals surface area contributed by atoms with E-state index in [4.69, 9.17) is 9.47 Å². The van der Waals surface area contributed by atoms with Crippen molar-refractivity contribution in [2.75, 3.05) is 31.7 Å². The minimum atomic E-state index is -0.204. The van der Waals surface area contributed by atoms with Crippen molar-refractivity contribution < 1.29 is 14.3 Å². The Hall–Kier alpha value is -2.74. The van der Waals surface area contributed by atoms with Crippen LogP contribution in [0.15, 0.2) is 36.9 Å². The van der Waals surface area contributed by atoms with Gasteiger partial charge in [-0.2, -0.15) is 0 Å². The van der Waals surface area contributed by atoms with E-state index in [1.807, 2.05) is 13.0 Å². The van der Waals surface area contributed by atoms with Crippen molar-refractivity contribution in [2.45, 2.75) is 25.5 Å². The van der Waals surface area contributed by atoms with Crippen LogP contribution < -0.4 is 15.0 Å². The summed E-state index contributed by atoms with van der Waals surface area (Å²) in [4.78, 5) is 27.1. The fraction of sp³-hybridized carbons (Fsp3) is 0.444. The van der Waals surface area contributed by atoms with Gasteiger partial charge in [-0.15, -0.1) is 0 Å². The van der Waals surface area contributed by atoms with Gasteiger partial charge in [-0.25, -0.2) is 15.0 Å². The first-order valence-electron chi connectivity index (χ1n) is 8.64. The van der Waals surface area contributed by atoms with Gasteiger partial charge in [0.25, 0.3) is 5.91 Å². The van der Waals surface area contributed by atoms with Gasteiger partial charge in [-0.05, 0) is 31.5 Å². The van der Waals surface area contributed by atoms with Gasteiger partial charge in [0.1, 0.15) is 17.7 Å². The molecule has 1 fully saturated rings. The highest BCUT2D eigenvalue weighted by Crippen LogP contribution is 2.25. The Labute approximate surface area is 152 Å². The molecule has 1 aliphatic rings. The Morgan fingerprint density at radius 1 is 1.35 bits per heavy atom. The highest BCUT2D eigenvalue weighted by Gasteiger charge is 2.33. The van der Waals surface area contributed by atoms with Crippen LogP contribution in [-0.4, -0.2) is 59.8 Å². The normalized spacial score (nSPS) is 19.4. The molecule has 0 unspecified atom stereocenters. The maximum Gasteiger partial charge on any atom is 0.256 e. The number of amides is 1. The van der Waals surface area contributed by atoms with Crippen LogP contribution in [0.3, 0.4) is 0 Å². The van der Waals surface area contributed by atoms with E-state index in [1.165, 1.54) is 6.33 Å². The molecule has 2 atom stereocenters. The Bertz CT molecular complexity index is 728. The van der Waals surface area contributed by atoms with Crippen LogP contribution in [-0.2, 0) is 4.74 Å². The zero-order chi connectivity index (χ0) is 18.4. The standard InChI is InChI=1S/C18H23N5O3/c1-3-26-18-15(5-4-7-20-18)17(24)21-10-13-9-14(25-2)11-23(13)16-6-8-19-12-22-16/h4-8,12-14H,3,9-11H2,1-2H3,(H,21,24)/t13-,14-/m1/s1. The second-order valence-corrected chi connectivity index (χ2v) is 5.97. The monoisotopic (exact) mass is 357 g/mol. The van der Waals surface area contributed by atoms with Crippen LogP contribution in [0.2, 0.25) is 0 Å². The van der Waals surface area contributed by atoms with Crippen molar-refractivity contribution in [2.24, 2.45) is 0 Å². The summed E-state index contributed by atoms with van der Waals surface area (Å²) < 4.78 is 10.9. The first-order valence-corrected chi connectivity index (χ1v) is 8.64. The minimum Gasteiger partial charge on any atom is -0.477 e. The van der Waals surface area contributed by atoms with Crippen molar-refractivity contribution in [1.82, 2.24) is 20.3 Å². The molecule has 0 bridgehead atoms. The Morgan fingerprint density at radius 3 is 2.96 bits per heavy atom. The molecule has 2 aromatic rings. The fourth-order valence-electron chi connectivity index (χ4n) is 3.09. The van der Waals surface area contributed by atoms with Gasteiger partial charge in [0.2, 0.25) is 5.88 Å². The number of nitrogens with one attached hydrogen (secondary N) is 1. The van der Waals surface area contributed by atoms with Gasteiger partial charge >= 0.3 is 0 Å². The lowest BCUT2D eigenvalue weighted by molar-refractivity contribution is 0.0941. The highest BCUT2D eigenvalue weighted by atomic mass is 16.5. The number of carbonyl (C=O) groups excluding carboxylic acids is 1. The molecule has 3 rings (SSSR count). The van der Waals surface area contributed by atoms with Crippen molar-refractivity contribution >= 4 is 11.7 Å². The fourth-order valence-corrected chi connectivity index (χ4v) is 3.09. The lowest BCUT2D eigenvalue weighted by Crippen LogP contribution is -2.40. The molecule has 1 saturated heterocycles. The molecule has 1 amide bonds. The first kappa shape index (κ1) is 18.1. The molecule has 0 aromatic carbocycles. The van der Waals surface area contributed by atoms with E-state index in [1.54, 1.807) is 31.6 Å². The topological polar surface area (TPSA) is 89.5 Å². The molecule has 1 N–H and O–H groups in total. The van der Waals surface area contributed by atoms with Crippen LogP contribution in [0.1, 0.15) is 23.7 Å². The van der Waals surface area contributed by atoms with Crippen LogP contribution in [0.25, 0.3) is 0 Å². The van der Waals surface area contributed by atoms with Gasteiger partial charge in [0.05, 0.1) is 18.8 Å². The summed E-state index contributed by atoms with van der Waals surface area (Å²) in [5.74, 6) is 0.974. The Kier molecular flexibility index (Phi) is 5.96. The zero-order valence-corrected chi connectivity index (χ0v) is 15.0. The van der Waals surface area contributed by atoms with E-state index in [2.05, 4.69) is 25.2 Å². The third-order valence-corrected chi connectivity index (χ3v) is 4.37. The van der Waals surface area contributed by atoms with E-state index in [0.717, 1.165) is 18.8 Å². The minimum absolute atomic E-state index is 0.0889. The molecular weight excluding hydrogens is 334 g/mol. The number of aromatic nitrogens is 3. The molecule has 26 heavy (non-hydrogen) atoms. The van der Waals surface area contributed by atoms with Crippen LogP contribution in [0.5, 0.6) is 5.88 Å². The van der Waals surface area contributed by atoms with Crippen molar-refractivity contribution in [1.29, 1.82) is 0 Å². The van der Waals surface area contributed by atoms with Crippen molar-refractivity contribution in [3.8, 4) is 5.88 Å². The first-order chi connectivity index (χ1) is 12.7. The maximum atomic E-state index is 12.6. The molecular formula is C18H23N5O3. The second-order valence-electron chi connectivity index (χ2n) is 5.97. The third kappa shape index (κ3) is 4.08. The number of carbonyl (C=O) groups is 1. The SMILES string of the molecule is CCOc1ncccc1C(=O)NC[C@H]1C[C@@H](OC)CN1c1ccncn1. The summed E-state index contributed by atoms with van der Waals surface area (Å²) >= 11 is 0. The number of pyridine rings is 1.